The molecule has 18 heavy (non-hydrogen) atoms. The summed E-state index contributed by atoms with van der Waals surface area (Å²) in [6.45, 7) is 7.29. The second kappa shape index (κ2) is 7.13. The summed E-state index contributed by atoms with van der Waals surface area (Å²) in [7, 11) is 0. The Morgan fingerprint density at radius 2 is 2.33 bits per heavy atom. The van der Waals surface area contributed by atoms with E-state index in [4.69, 9.17) is 4.74 Å². The SMILES string of the molecule is C=C(Br)COc1ccc([N+](=O)[O-])cc1CNCC. The largest absolute Gasteiger partial charge is 0.488 e. The standard InChI is InChI=1S/C12H15BrN2O3/c1-3-14-7-10-6-11(15(16)17)4-5-12(10)18-8-9(2)13/h4-6,14H,2-3,7-8H2,1H3. The van der Waals surface area contributed by atoms with E-state index in [0.717, 1.165) is 16.6 Å². The van der Waals surface area contributed by atoms with Crippen LogP contribution in [0.3, 0.4) is 0 Å². The third-order valence-corrected chi connectivity index (χ3v) is 2.43. The van der Waals surface area contributed by atoms with Crippen LogP contribution in [0.15, 0.2) is 29.3 Å². The third-order valence-electron chi connectivity index (χ3n) is 2.20. The molecule has 0 heterocycles. The van der Waals surface area contributed by atoms with Gasteiger partial charge in [0, 0.05) is 28.7 Å². The maximum atomic E-state index is 10.7. The van der Waals surface area contributed by atoms with Crippen molar-refractivity contribution in [3.8, 4) is 5.75 Å². The van der Waals surface area contributed by atoms with Crippen molar-refractivity contribution in [3.05, 3.63) is 44.9 Å². The van der Waals surface area contributed by atoms with Crippen LogP contribution in [0.4, 0.5) is 5.69 Å². The molecule has 0 amide bonds. The molecule has 98 valence electrons. The molecule has 0 aliphatic rings. The first-order valence-corrected chi connectivity index (χ1v) is 6.28. The van der Waals surface area contributed by atoms with Gasteiger partial charge in [-0.3, -0.25) is 10.1 Å². The highest BCUT2D eigenvalue weighted by Crippen LogP contribution is 2.24. The van der Waals surface area contributed by atoms with E-state index >= 15 is 0 Å². The molecule has 5 nitrogen and oxygen atoms in total. The Balaban J connectivity index is 2.92. The molecule has 0 aliphatic carbocycles. The Morgan fingerprint density at radius 1 is 1.61 bits per heavy atom. The first-order valence-electron chi connectivity index (χ1n) is 5.48. The number of halogens is 1. The Hall–Kier alpha value is -1.40. The van der Waals surface area contributed by atoms with Crippen LogP contribution in [0.25, 0.3) is 0 Å². The van der Waals surface area contributed by atoms with E-state index in [-0.39, 0.29) is 5.69 Å². The fraction of sp³-hybridized carbons (Fsp3) is 0.333. The summed E-state index contributed by atoms with van der Waals surface area (Å²) in [6.07, 6.45) is 0. The van der Waals surface area contributed by atoms with E-state index in [9.17, 15) is 10.1 Å². The summed E-state index contributed by atoms with van der Waals surface area (Å²) < 4.78 is 6.24. The Morgan fingerprint density at radius 3 is 2.89 bits per heavy atom. The lowest BCUT2D eigenvalue weighted by atomic mass is 10.1. The molecule has 0 unspecified atom stereocenters. The number of non-ortho nitro benzene ring substituents is 1. The second-order valence-electron chi connectivity index (χ2n) is 3.64. The molecular weight excluding hydrogens is 300 g/mol. The number of nitro benzene ring substituents is 1. The smallest absolute Gasteiger partial charge is 0.270 e. The number of hydrogen-bond donors (Lipinski definition) is 1. The van der Waals surface area contributed by atoms with Crippen LogP contribution in [0, 0.1) is 10.1 Å². The molecule has 0 saturated carbocycles. The minimum absolute atomic E-state index is 0.0629. The maximum Gasteiger partial charge on any atom is 0.270 e. The van der Waals surface area contributed by atoms with E-state index in [0.29, 0.717) is 18.9 Å². The van der Waals surface area contributed by atoms with E-state index in [1.807, 2.05) is 6.92 Å². The minimum Gasteiger partial charge on any atom is -0.488 e. The number of nitrogens with zero attached hydrogens (tertiary/aromatic N) is 1. The van der Waals surface area contributed by atoms with Gasteiger partial charge in [0.2, 0.25) is 0 Å². The Kier molecular flexibility index (Phi) is 5.80. The van der Waals surface area contributed by atoms with Gasteiger partial charge >= 0.3 is 0 Å². The van der Waals surface area contributed by atoms with Gasteiger partial charge in [-0.25, -0.2) is 0 Å². The number of hydrogen-bond acceptors (Lipinski definition) is 4. The van der Waals surface area contributed by atoms with Crippen molar-refractivity contribution in [2.75, 3.05) is 13.2 Å². The number of nitrogens with one attached hydrogen (secondary N) is 1. The summed E-state index contributed by atoms with van der Waals surface area (Å²) in [4.78, 5) is 10.3. The van der Waals surface area contributed by atoms with Crippen molar-refractivity contribution < 1.29 is 9.66 Å². The normalized spacial score (nSPS) is 10.1. The van der Waals surface area contributed by atoms with Gasteiger partial charge < -0.3 is 10.1 Å². The van der Waals surface area contributed by atoms with Crippen molar-refractivity contribution in [1.82, 2.24) is 5.32 Å². The number of ether oxygens (including phenoxy) is 1. The lowest BCUT2D eigenvalue weighted by Gasteiger charge is -2.11. The van der Waals surface area contributed by atoms with Gasteiger partial charge in [-0.15, -0.1) is 0 Å². The molecule has 1 rings (SSSR count). The summed E-state index contributed by atoms with van der Waals surface area (Å²) in [5, 5.41) is 13.8. The van der Waals surface area contributed by atoms with Gasteiger partial charge in [-0.2, -0.15) is 0 Å². The van der Waals surface area contributed by atoms with Gasteiger partial charge in [-0.05, 0) is 12.6 Å². The molecule has 1 aromatic rings. The summed E-state index contributed by atoms with van der Waals surface area (Å²) in [5.41, 5.74) is 0.827. The highest BCUT2D eigenvalue weighted by molar-refractivity contribution is 9.11. The zero-order valence-corrected chi connectivity index (χ0v) is 11.7. The average molecular weight is 315 g/mol. The van der Waals surface area contributed by atoms with Gasteiger partial charge in [0.25, 0.3) is 5.69 Å². The maximum absolute atomic E-state index is 10.7. The van der Waals surface area contributed by atoms with Gasteiger partial charge in [0.15, 0.2) is 0 Å². The van der Waals surface area contributed by atoms with E-state index < -0.39 is 4.92 Å². The number of nitro groups is 1. The molecular formula is C12H15BrN2O3. The van der Waals surface area contributed by atoms with Crippen LogP contribution in [-0.4, -0.2) is 18.1 Å². The molecule has 0 atom stereocenters. The summed E-state index contributed by atoms with van der Waals surface area (Å²) in [6, 6.07) is 4.57. The summed E-state index contributed by atoms with van der Waals surface area (Å²) in [5.74, 6) is 0.627. The molecule has 0 saturated heterocycles. The topological polar surface area (TPSA) is 64.4 Å². The second-order valence-corrected chi connectivity index (χ2v) is 4.76. The van der Waals surface area contributed by atoms with Crippen LogP contribution in [0.1, 0.15) is 12.5 Å². The molecule has 0 bridgehead atoms. The molecule has 0 spiro atoms. The average Bonchev–Trinajstić information content (AvgIpc) is 2.33. The molecule has 0 aliphatic heterocycles. The fourth-order valence-electron chi connectivity index (χ4n) is 1.37. The molecule has 6 heteroatoms. The van der Waals surface area contributed by atoms with E-state index in [2.05, 4.69) is 27.8 Å². The zero-order valence-electron chi connectivity index (χ0n) is 10.1. The van der Waals surface area contributed by atoms with Gasteiger partial charge in [-0.1, -0.05) is 29.4 Å². The zero-order chi connectivity index (χ0) is 13.5. The quantitative estimate of drug-likeness (QED) is 0.620. The van der Waals surface area contributed by atoms with Crippen molar-refractivity contribution in [2.24, 2.45) is 0 Å². The van der Waals surface area contributed by atoms with Crippen LogP contribution in [-0.2, 0) is 6.54 Å². The fourth-order valence-corrected chi connectivity index (χ4v) is 1.49. The van der Waals surface area contributed by atoms with E-state index in [1.165, 1.54) is 12.1 Å². The lowest BCUT2D eigenvalue weighted by Crippen LogP contribution is -2.13. The Bertz CT molecular complexity index is 449. The minimum atomic E-state index is -0.414. The Labute approximate surface area is 114 Å². The molecule has 0 aromatic heterocycles. The van der Waals surface area contributed by atoms with Crippen molar-refractivity contribution >= 4 is 21.6 Å². The first kappa shape index (κ1) is 14.7. The van der Waals surface area contributed by atoms with Crippen molar-refractivity contribution in [2.45, 2.75) is 13.5 Å². The van der Waals surface area contributed by atoms with Crippen molar-refractivity contribution in [1.29, 1.82) is 0 Å². The first-order chi connectivity index (χ1) is 8.54. The van der Waals surface area contributed by atoms with E-state index in [1.54, 1.807) is 6.07 Å². The van der Waals surface area contributed by atoms with Crippen LogP contribution in [0.2, 0.25) is 0 Å². The van der Waals surface area contributed by atoms with Crippen molar-refractivity contribution in [3.63, 3.8) is 0 Å². The van der Waals surface area contributed by atoms with Crippen LogP contribution >= 0.6 is 15.9 Å². The van der Waals surface area contributed by atoms with Crippen LogP contribution in [0.5, 0.6) is 5.75 Å². The summed E-state index contributed by atoms with van der Waals surface area (Å²) >= 11 is 3.20. The predicted molar refractivity (Wildman–Crippen MR) is 74.0 cm³/mol. The van der Waals surface area contributed by atoms with Crippen LogP contribution < -0.4 is 10.1 Å². The predicted octanol–water partition coefficient (Wildman–Crippen LogP) is 2.99. The van der Waals surface area contributed by atoms with Gasteiger partial charge in [0.05, 0.1) is 4.92 Å². The highest BCUT2D eigenvalue weighted by atomic mass is 79.9. The third kappa shape index (κ3) is 4.46. The highest BCUT2D eigenvalue weighted by Gasteiger charge is 2.11. The number of rotatable bonds is 7. The molecule has 0 radical (unpaired) electrons. The monoisotopic (exact) mass is 314 g/mol. The molecule has 1 aromatic carbocycles. The lowest BCUT2D eigenvalue weighted by molar-refractivity contribution is -0.384. The molecule has 1 N–H and O–H groups in total. The molecule has 0 fully saturated rings. The van der Waals surface area contributed by atoms with Gasteiger partial charge in [0.1, 0.15) is 12.4 Å². The number of benzene rings is 1.